The molecule has 0 saturated heterocycles. The van der Waals surface area contributed by atoms with Crippen molar-refractivity contribution in [3.05, 3.63) is 0 Å². The minimum Gasteiger partial charge on any atom is -0.318 e. The van der Waals surface area contributed by atoms with Crippen LogP contribution in [0, 0.1) is 0 Å². The molecule has 2 N–H and O–H groups in total. The van der Waals surface area contributed by atoms with Crippen molar-refractivity contribution in [3.63, 3.8) is 0 Å². The average molecular weight is 153 g/mol. The normalized spacial score (nSPS) is 15.4. The van der Waals surface area contributed by atoms with Crippen LogP contribution < -0.4 is 5.32 Å². The highest BCUT2D eigenvalue weighted by atomic mass is 32.2. The van der Waals surface area contributed by atoms with Gasteiger partial charge in [-0.15, -0.1) is 0 Å². The molecule has 56 valence electrons. The van der Waals surface area contributed by atoms with Crippen LogP contribution in [-0.4, -0.2) is 31.8 Å². The Hall–Kier alpha value is -0.130. The molecule has 0 rings (SSSR count). The van der Waals surface area contributed by atoms with E-state index in [0.717, 1.165) is 0 Å². The Balaban J connectivity index is 3.90. The van der Waals surface area contributed by atoms with Gasteiger partial charge in [0.1, 0.15) is 0 Å². The summed E-state index contributed by atoms with van der Waals surface area (Å²) in [6, 6.07) is 0. The zero-order valence-corrected chi connectivity index (χ0v) is 6.27. The fourth-order valence-electron chi connectivity index (χ4n) is 0.393. The molecule has 1 unspecified atom stereocenters. The van der Waals surface area contributed by atoms with Crippen LogP contribution in [0.25, 0.3) is 0 Å². The van der Waals surface area contributed by atoms with Crippen molar-refractivity contribution in [2.24, 2.45) is 0 Å². The molecule has 0 bridgehead atoms. The summed E-state index contributed by atoms with van der Waals surface area (Å²) in [5.41, 5.74) is 0. The van der Waals surface area contributed by atoms with Gasteiger partial charge in [0.15, 0.2) is 0 Å². The van der Waals surface area contributed by atoms with Crippen molar-refractivity contribution in [1.29, 1.82) is 0 Å². The Labute approximate surface area is 55.0 Å². The summed E-state index contributed by atoms with van der Waals surface area (Å²) >= 11 is 0. The van der Waals surface area contributed by atoms with Crippen LogP contribution in [0.2, 0.25) is 0 Å². The minimum atomic E-state index is -3.83. The highest BCUT2D eigenvalue weighted by molar-refractivity contribution is 7.86. The lowest BCUT2D eigenvalue weighted by atomic mass is 10.5. The molecule has 0 fully saturated rings. The summed E-state index contributed by atoms with van der Waals surface area (Å²) < 4.78 is 28.8. The van der Waals surface area contributed by atoms with Crippen molar-refractivity contribution in [2.45, 2.75) is 12.2 Å². The predicted molar refractivity (Wildman–Crippen MR) is 34.9 cm³/mol. The van der Waals surface area contributed by atoms with Crippen LogP contribution >= 0.6 is 0 Å². The molecule has 0 aromatic rings. The Bertz CT molecular complexity index is 163. The third-order valence-corrected chi connectivity index (χ3v) is 2.18. The molecule has 0 radical (unpaired) electrons. The topological polar surface area (TPSA) is 66.4 Å². The van der Waals surface area contributed by atoms with Gasteiger partial charge in [-0.3, -0.25) is 4.55 Å². The molecule has 0 spiro atoms. The summed E-state index contributed by atoms with van der Waals surface area (Å²) in [6.45, 7) is 1.71. The first-order valence-corrected chi connectivity index (χ1v) is 4.09. The van der Waals surface area contributed by atoms with Gasteiger partial charge in [-0.05, 0) is 14.0 Å². The van der Waals surface area contributed by atoms with E-state index in [1.54, 1.807) is 7.05 Å². The van der Waals surface area contributed by atoms with Crippen LogP contribution in [-0.2, 0) is 10.1 Å². The van der Waals surface area contributed by atoms with Gasteiger partial charge in [0.05, 0.1) is 5.25 Å². The van der Waals surface area contributed by atoms with Crippen LogP contribution in [0.5, 0.6) is 0 Å². The first kappa shape index (κ1) is 8.87. The van der Waals surface area contributed by atoms with Gasteiger partial charge >= 0.3 is 0 Å². The molecule has 9 heavy (non-hydrogen) atoms. The average Bonchev–Trinajstić information content (AvgIpc) is 1.64. The second-order valence-electron chi connectivity index (χ2n) is 1.88. The van der Waals surface area contributed by atoms with E-state index in [1.807, 2.05) is 0 Å². The molecule has 1 atom stereocenters. The summed E-state index contributed by atoms with van der Waals surface area (Å²) in [5.74, 6) is 0. The number of hydrogen-bond acceptors (Lipinski definition) is 3. The fourth-order valence-corrected chi connectivity index (χ4v) is 0.770. The van der Waals surface area contributed by atoms with E-state index in [-0.39, 0.29) is 6.54 Å². The second-order valence-corrected chi connectivity index (χ2v) is 3.72. The summed E-state index contributed by atoms with van der Waals surface area (Å²) in [6.07, 6.45) is 0. The molecule has 0 aliphatic rings. The largest absolute Gasteiger partial charge is 0.318 e. The summed E-state index contributed by atoms with van der Waals surface area (Å²) in [4.78, 5) is 0. The second kappa shape index (κ2) is 3.14. The van der Waals surface area contributed by atoms with Crippen LogP contribution in [0.3, 0.4) is 0 Å². The zero-order chi connectivity index (χ0) is 7.49. The summed E-state index contributed by atoms with van der Waals surface area (Å²) in [5, 5.41) is 1.91. The molecule has 0 amide bonds. The van der Waals surface area contributed by atoms with Crippen molar-refractivity contribution in [3.8, 4) is 0 Å². The van der Waals surface area contributed by atoms with E-state index in [1.165, 1.54) is 6.92 Å². The molecule has 0 aliphatic carbocycles. The van der Waals surface area contributed by atoms with Crippen LogP contribution in [0.4, 0.5) is 0 Å². The van der Waals surface area contributed by atoms with Crippen molar-refractivity contribution in [1.82, 2.24) is 5.32 Å². The standard InChI is InChI=1S/C4H11NO3S/c1-4(3-5-2)9(6,7)8/h4-5H,3H2,1-2H3,(H,6,7,8). The van der Waals surface area contributed by atoms with Gasteiger partial charge in [0, 0.05) is 6.54 Å². The van der Waals surface area contributed by atoms with E-state index >= 15 is 0 Å². The molecule has 0 aliphatic heterocycles. The predicted octanol–water partition coefficient (Wildman–Crippen LogP) is -0.518. The molecule has 5 heteroatoms. The van der Waals surface area contributed by atoms with E-state index in [4.69, 9.17) is 4.55 Å². The van der Waals surface area contributed by atoms with Gasteiger partial charge in [-0.2, -0.15) is 8.42 Å². The molecule has 0 aromatic carbocycles. The molecular formula is C4H11NO3S. The molecule has 0 aromatic heterocycles. The van der Waals surface area contributed by atoms with Gasteiger partial charge in [0.2, 0.25) is 0 Å². The highest BCUT2D eigenvalue weighted by Gasteiger charge is 2.14. The molecule has 4 nitrogen and oxygen atoms in total. The Morgan fingerprint density at radius 2 is 2.11 bits per heavy atom. The third-order valence-electron chi connectivity index (χ3n) is 1.00. The van der Waals surface area contributed by atoms with Gasteiger partial charge in [0.25, 0.3) is 10.1 Å². The lowest BCUT2D eigenvalue weighted by Gasteiger charge is -2.04. The maximum Gasteiger partial charge on any atom is 0.268 e. The van der Waals surface area contributed by atoms with E-state index in [0.29, 0.717) is 0 Å². The summed E-state index contributed by atoms with van der Waals surface area (Å²) in [7, 11) is -2.20. The van der Waals surface area contributed by atoms with E-state index in [9.17, 15) is 8.42 Å². The van der Waals surface area contributed by atoms with Crippen molar-refractivity contribution >= 4 is 10.1 Å². The fraction of sp³-hybridized carbons (Fsp3) is 1.00. The quantitative estimate of drug-likeness (QED) is 0.535. The van der Waals surface area contributed by atoms with Gasteiger partial charge in [-0.25, -0.2) is 0 Å². The monoisotopic (exact) mass is 153 g/mol. The first-order valence-electron chi connectivity index (χ1n) is 2.59. The van der Waals surface area contributed by atoms with Crippen LogP contribution in [0.1, 0.15) is 6.92 Å². The lowest BCUT2D eigenvalue weighted by molar-refractivity contribution is 0.467. The maximum atomic E-state index is 10.2. The molecular weight excluding hydrogens is 142 g/mol. The molecule has 0 saturated carbocycles. The SMILES string of the molecule is CNCC(C)S(=O)(=O)O. The number of nitrogens with one attached hydrogen (secondary N) is 1. The zero-order valence-electron chi connectivity index (χ0n) is 5.46. The first-order chi connectivity index (χ1) is 3.98. The third kappa shape index (κ3) is 3.45. The van der Waals surface area contributed by atoms with E-state index in [2.05, 4.69) is 5.32 Å². The Morgan fingerprint density at radius 1 is 1.67 bits per heavy atom. The van der Waals surface area contributed by atoms with Crippen molar-refractivity contribution in [2.75, 3.05) is 13.6 Å². The van der Waals surface area contributed by atoms with Crippen molar-refractivity contribution < 1.29 is 13.0 Å². The lowest BCUT2D eigenvalue weighted by Crippen LogP contribution is -2.28. The smallest absolute Gasteiger partial charge is 0.268 e. The molecule has 0 heterocycles. The Morgan fingerprint density at radius 3 is 2.22 bits per heavy atom. The maximum absolute atomic E-state index is 10.2. The number of rotatable bonds is 3. The minimum absolute atomic E-state index is 0.277. The highest BCUT2D eigenvalue weighted by Crippen LogP contribution is 1.93. The van der Waals surface area contributed by atoms with Gasteiger partial charge < -0.3 is 5.32 Å². The van der Waals surface area contributed by atoms with Gasteiger partial charge in [-0.1, -0.05) is 0 Å². The van der Waals surface area contributed by atoms with Crippen LogP contribution in [0.15, 0.2) is 0 Å². The Kier molecular flexibility index (Phi) is 3.10. The number of hydrogen-bond donors (Lipinski definition) is 2. The van der Waals surface area contributed by atoms with E-state index < -0.39 is 15.4 Å².